The molecular weight excluding hydrogens is 274 g/mol. The van der Waals surface area contributed by atoms with E-state index < -0.39 is 0 Å². The normalized spacial score (nSPS) is 12.7. The maximum Gasteiger partial charge on any atom is 0.0814 e. The summed E-state index contributed by atoms with van der Waals surface area (Å²) in [7, 11) is 0. The quantitative estimate of drug-likeness (QED) is 0.672. The van der Waals surface area contributed by atoms with Crippen LogP contribution in [0.3, 0.4) is 0 Å². The molecule has 0 saturated carbocycles. The molecule has 2 rings (SSSR count). The zero-order valence-electron chi connectivity index (χ0n) is 7.85. The van der Waals surface area contributed by atoms with Gasteiger partial charge < -0.3 is 0 Å². The standard InChI is InChI=1S/C10H10BrN3S/c11-8-3-6-15-10(8)9(14-12)7-1-4-13-5-2-7/h1-6,9,14H,12H2. The van der Waals surface area contributed by atoms with Gasteiger partial charge in [0.25, 0.3) is 0 Å². The Morgan fingerprint density at radius 2 is 2.07 bits per heavy atom. The number of hydrazine groups is 1. The number of rotatable bonds is 3. The summed E-state index contributed by atoms with van der Waals surface area (Å²) in [5, 5.41) is 2.03. The lowest BCUT2D eigenvalue weighted by molar-refractivity contribution is 0.644. The summed E-state index contributed by atoms with van der Waals surface area (Å²) in [5.74, 6) is 5.58. The van der Waals surface area contributed by atoms with Gasteiger partial charge >= 0.3 is 0 Å². The Morgan fingerprint density at radius 3 is 2.60 bits per heavy atom. The highest BCUT2D eigenvalue weighted by Crippen LogP contribution is 2.32. The molecule has 2 aromatic rings. The highest BCUT2D eigenvalue weighted by atomic mass is 79.9. The van der Waals surface area contributed by atoms with Gasteiger partial charge in [0.05, 0.1) is 6.04 Å². The number of halogens is 1. The van der Waals surface area contributed by atoms with Gasteiger partial charge in [0, 0.05) is 21.7 Å². The van der Waals surface area contributed by atoms with E-state index in [0.717, 1.165) is 10.0 Å². The monoisotopic (exact) mass is 283 g/mol. The van der Waals surface area contributed by atoms with Crippen molar-refractivity contribution < 1.29 is 0 Å². The second-order valence-electron chi connectivity index (χ2n) is 3.01. The summed E-state index contributed by atoms with van der Waals surface area (Å²) < 4.78 is 1.08. The molecule has 0 radical (unpaired) electrons. The molecule has 5 heteroatoms. The van der Waals surface area contributed by atoms with E-state index >= 15 is 0 Å². The Bertz CT molecular complexity index is 429. The lowest BCUT2D eigenvalue weighted by Gasteiger charge is -2.14. The number of hydrogen-bond donors (Lipinski definition) is 2. The third kappa shape index (κ3) is 2.26. The van der Waals surface area contributed by atoms with Crippen molar-refractivity contribution in [2.45, 2.75) is 6.04 Å². The summed E-state index contributed by atoms with van der Waals surface area (Å²) in [6, 6.07) is 5.95. The summed E-state index contributed by atoms with van der Waals surface area (Å²) >= 11 is 5.17. The summed E-state index contributed by atoms with van der Waals surface area (Å²) in [6.45, 7) is 0. The van der Waals surface area contributed by atoms with Gasteiger partial charge in [-0.15, -0.1) is 11.3 Å². The van der Waals surface area contributed by atoms with Crippen LogP contribution in [-0.4, -0.2) is 4.98 Å². The van der Waals surface area contributed by atoms with Crippen LogP contribution in [0.1, 0.15) is 16.5 Å². The van der Waals surface area contributed by atoms with Crippen molar-refractivity contribution in [2.75, 3.05) is 0 Å². The van der Waals surface area contributed by atoms with Gasteiger partial charge in [0.1, 0.15) is 0 Å². The van der Waals surface area contributed by atoms with Crippen LogP contribution in [0.4, 0.5) is 0 Å². The number of aromatic nitrogens is 1. The third-order valence-electron chi connectivity index (χ3n) is 2.11. The number of nitrogens with one attached hydrogen (secondary N) is 1. The van der Waals surface area contributed by atoms with E-state index in [1.54, 1.807) is 23.7 Å². The maximum absolute atomic E-state index is 5.58. The van der Waals surface area contributed by atoms with Crippen molar-refractivity contribution in [2.24, 2.45) is 5.84 Å². The lowest BCUT2D eigenvalue weighted by atomic mass is 10.1. The molecular formula is C10H10BrN3S. The fourth-order valence-corrected chi connectivity index (χ4v) is 3.08. The van der Waals surface area contributed by atoms with Gasteiger partial charge in [-0.2, -0.15) is 0 Å². The van der Waals surface area contributed by atoms with Crippen LogP contribution >= 0.6 is 27.3 Å². The summed E-state index contributed by atoms with van der Waals surface area (Å²) in [4.78, 5) is 5.16. The zero-order chi connectivity index (χ0) is 10.7. The molecule has 3 nitrogen and oxygen atoms in total. The van der Waals surface area contributed by atoms with Gasteiger partial charge in [-0.05, 0) is 45.1 Å². The molecule has 0 aliphatic heterocycles. The van der Waals surface area contributed by atoms with Crippen molar-refractivity contribution in [3.63, 3.8) is 0 Å². The first-order valence-electron chi connectivity index (χ1n) is 4.42. The minimum Gasteiger partial charge on any atom is -0.271 e. The minimum absolute atomic E-state index is 0.0161. The number of pyridine rings is 1. The maximum atomic E-state index is 5.58. The van der Waals surface area contributed by atoms with Gasteiger partial charge in [-0.1, -0.05) is 0 Å². The lowest BCUT2D eigenvalue weighted by Crippen LogP contribution is -2.28. The van der Waals surface area contributed by atoms with E-state index in [-0.39, 0.29) is 6.04 Å². The predicted molar refractivity (Wildman–Crippen MR) is 65.4 cm³/mol. The van der Waals surface area contributed by atoms with E-state index in [1.807, 2.05) is 23.6 Å². The first kappa shape index (κ1) is 10.8. The highest BCUT2D eigenvalue weighted by Gasteiger charge is 2.16. The molecule has 3 N–H and O–H groups in total. The van der Waals surface area contributed by atoms with E-state index in [4.69, 9.17) is 5.84 Å². The molecule has 0 aromatic carbocycles. The van der Waals surface area contributed by atoms with Crippen molar-refractivity contribution in [1.29, 1.82) is 0 Å². The molecule has 1 atom stereocenters. The molecule has 1 unspecified atom stereocenters. The van der Waals surface area contributed by atoms with E-state index in [1.165, 1.54) is 4.88 Å². The van der Waals surface area contributed by atoms with Crippen molar-refractivity contribution in [3.05, 3.63) is 50.9 Å². The van der Waals surface area contributed by atoms with E-state index in [9.17, 15) is 0 Å². The van der Waals surface area contributed by atoms with Gasteiger partial charge in [-0.3, -0.25) is 10.8 Å². The fourth-order valence-electron chi connectivity index (χ4n) is 1.39. The first-order chi connectivity index (χ1) is 7.33. The summed E-state index contributed by atoms with van der Waals surface area (Å²) in [6.07, 6.45) is 3.53. The fraction of sp³-hybridized carbons (Fsp3) is 0.100. The third-order valence-corrected chi connectivity index (χ3v) is 4.05. The molecule has 0 bridgehead atoms. The molecule has 2 aromatic heterocycles. The first-order valence-corrected chi connectivity index (χ1v) is 6.09. The largest absolute Gasteiger partial charge is 0.271 e. The Hall–Kier alpha value is -0.750. The minimum atomic E-state index is 0.0161. The van der Waals surface area contributed by atoms with Crippen LogP contribution in [0.2, 0.25) is 0 Å². The molecule has 0 aliphatic rings. The van der Waals surface area contributed by atoms with Crippen molar-refractivity contribution in [1.82, 2.24) is 10.4 Å². The van der Waals surface area contributed by atoms with Crippen LogP contribution in [-0.2, 0) is 0 Å². The Labute approximate surface area is 100 Å². The number of nitrogens with two attached hydrogens (primary N) is 1. The van der Waals surface area contributed by atoms with Gasteiger partial charge in [0.15, 0.2) is 0 Å². The van der Waals surface area contributed by atoms with Crippen LogP contribution in [0, 0.1) is 0 Å². The average Bonchev–Trinajstić information content (AvgIpc) is 2.68. The van der Waals surface area contributed by atoms with Crippen LogP contribution in [0.15, 0.2) is 40.4 Å². The van der Waals surface area contributed by atoms with Crippen LogP contribution in [0.5, 0.6) is 0 Å². The second kappa shape index (κ2) is 4.85. The van der Waals surface area contributed by atoms with Crippen LogP contribution < -0.4 is 11.3 Å². The number of thiophene rings is 1. The molecule has 0 spiro atoms. The number of hydrogen-bond acceptors (Lipinski definition) is 4. The topological polar surface area (TPSA) is 50.9 Å². The van der Waals surface area contributed by atoms with E-state index in [2.05, 4.69) is 26.3 Å². The molecule has 0 fully saturated rings. The van der Waals surface area contributed by atoms with E-state index in [0.29, 0.717) is 0 Å². The molecule has 0 aliphatic carbocycles. The Morgan fingerprint density at radius 1 is 1.33 bits per heavy atom. The van der Waals surface area contributed by atoms with Crippen LogP contribution in [0.25, 0.3) is 0 Å². The van der Waals surface area contributed by atoms with Crippen molar-refractivity contribution >= 4 is 27.3 Å². The molecule has 2 heterocycles. The van der Waals surface area contributed by atoms with Gasteiger partial charge in [-0.25, -0.2) is 5.43 Å². The SMILES string of the molecule is NNC(c1ccncc1)c1sccc1Br. The highest BCUT2D eigenvalue weighted by molar-refractivity contribution is 9.10. The predicted octanol–water partition coefficient (Wildman–Crippen LogP) is 2.46. The Balaban J connectivity index is 2.37. The van der Waals surface area contributed by atoms with Gasteiger partial charge in [0.2, 0.25) is 0 Å². The molecule has 0 saturated heterocycles. The molecule has 78 valence electrons. The molecule has 0 amide bonds. The second-order valence-corrected chi connectivity index (χ2v) is 4.82. The average molecular weight is 284 g/mol. The number of nitrogens with zero attached hydrogens (tertiary/aromatic N) is 1. The Kier molecular flexibility index (Phi) is 3.48. The van der Waals surface area contributed by atoms with Crippen molar-refractivity contribution in [3.8, 4) is 0 Å². The zero-order valence-corrected chi connectivity index (χ0v) is 10.3. The molecule has 15 heavy (non-hydrogen) atoms. The summed E-state index contributed by atoms with van der Waals surface area (Å²) in [5.41, 5.74) is 3.92. The smallest absolute Gasteiger partial charge is 0.0814 e.